The molecule has 2 heterocycles. The molecule has 6 fully saturated rings. The van der Waals surface area contributed by atoms with Gasteiger partial charge in [-0.2, -0.15) is 0 Å². The summed E-state index contributed by atoms with van der Waals surface area (Å²) in [5.41, 5.74) is -1.66. The van der Waals surface area contributed by atoms with E-state index in [-0.39, 0.29) is 52.0 Å². The van der Waals surface area contributed by atoms with Crippen LogP contribution in [-0.2, 0) is 9.47 Å². The number of fused-ring (bicyclic) bond motifs is 7. The minimum atomic E-state index is -1.10. The lowest BCUT2D eigenvalue weighted by atomic mass is 9.43. The predicted octanol–water partition coefficient (Wildman–Crippen LogP) is 4.66. The van der Waals surface area contributed by atoms with E-state index in [0.29, 0.717) is 24.2 Å². The van der Waals surface area contributed by atoms with Crippen molar-refractivity contribution in [3.63, 3.8) is 0 Å². The Hall–Kier alpha value is -0.200. The average molecular weight is 477 g/mol. The summed E-state index contributed by atoms with van der Waals surface area (Å²) in [5, 5.41) is 34.4. The van der Waals surface area contributed by atoms with Crippen LogP contribution in [0.4, 0.5) is 0 Å². The van der Waals surface area contributed by atoms with E-state index in [1.54, 1.807) is 0 Å². The Labute approximate surface area is 206 Å². The standard InChI is InChI=1S/C29H48O5/c1-24(2)15-29(34-25(24,3)4)28(7,32)23-21(33-29)13-19-18-9-8-16-12-17(30)10-11-26(16,5)22(18)20(31)14-27(19,23)6/h16-23,30-32H,8-15H2,1-7H3/t16-,17+,18-,19-,20-,21-,22+,23-,26-,27-,28-,29+/m0/s1. The molecule has 0 aromatic heterocycles. The number of hydrogen-bond donors (Lipinski definition) is 3. The topological polar surface area (TPSA) is 79.2 Å². The molecule has 1 spiro atoms. The zero-order chi connectivity index (χ0) is 24.7. The van der Waals surface area contributed by atoms with Crippen LogP contribution in [0.5, 0.6) is 0 Å². The molecule has 12 atom stereocenters. The second kappa shape index (κ2) is 6.81. The first kappa shape index (κ1) is 24.2. The lowest BCUT2D eigenvalue weighted by Gasteiger charge is -2.63. The molecule has 34 heavy (non-hydrogen) atoms. The van der Waals surface area contributed by atoms with Gasteiger partial charge in [-0.25, -0.2) is 0 Å². The molecule has 4 aliphatic carbocycles. The molecular formula is C29H48O5. The predicted molar refractivity (Wildman–Crippen MR) is 130 cm³/mol. The van der Waals surface area contributed by atoms with Gasteiger partial charge in [-0.1, -0.05) is 27.7 Å². The number of aliphatic hydroxyl groups is 3. The summed E-state index contributed by atoms with van der Waals surface area (Å²) in [6.45, 7) is 15.4. The first-order valence-electron chi connectivity index (χ1n) is 14.0. The second-order valence-corrected chi connectivity index (χ2v) is 15.2. The maximum Gasteiger partial charge on any atom is 0.198 e. The summed E-state index contributed by atoms with van der Waals surface area (Å²) in [6.07, 6.45) is 6.85. The fourth-order valence-corrected chi connectivity index (χ4v) is 10.8. The van der Waals surface area contributed by atoms with Crippen molar-refractivity contribution in [3.05, 3.63) is 0 Å². The molecule has 0 amide bonds. The second-order valence-electron chi connectivity index (χ2n) is 15.2. The van der Waals surface area contributed by atoms with E-state index in [2.05, 4.69) is 41.5 Å². The molecule has 2 aliphatic heterocycles. The molecule has 5 nitrogen and oxygen atoms in total. The third-order valence-corrected chi connectivity index (χ3v) is 13.0. The zero-order valence-corrected chi connectivity index (χ0v) is 22.4. The van der Waals surface area contributed by atoms with E-state index in [9.17, 15) is 15.3 Å². The maximum absolute atomic E-state index is 12.3. The number of aliphatic hydroxyl groups excluding tert-OH is 2. The van der Waals surface area contributed by atoms with Gasteiger partial charge in [0.2, 0.25) is 0 Å². The normalized spacial score (nSPS) is 61.6. The van der Waals surface area contributed by atoms with Gasteiger partial charge in [-0.15, -0.1) is 0 Å². The van der Waals surface area contributed by atoms with E-state index < -0.39 is 11.4 Å². The van der Waals surface area contributed by atoms with Crippen molar-refractivity contribution < 1.29 is 24.8 Å². The Bertz CT molecular complexity index is 849. The molecule has 6 aliphatic rings. The molecule has 5 heteroatoms. The van der Waals surface area contributed by atoms with Crippen LogP contribution in [0.1, 0.15) is 99.8 Å². The number of rotatable bonds is 0. The Morgan fingerprint density at radius 2 is 1.56 bits per heavy atom. The smallest absolute Gasteiger partial charge is 0.198 e. The molecule has 0 radical (unpaired) electrons. The first-order chi connectivity index (χ1) is 15.6. The number of ether oxygens (including phenoxy) is 2. The lowest BCUT2D eigenvalue weighted by molar-refractivity contribution is -0.301. The minimum absolute atomic E-state index is 0.0284. The van der Waals surface area contributed by atoms with Crippen molar-refractivity contribution in [1.29, 1.82) is 0 Å². The van der Waals surface area contributed by atoms with Crippen LogP contribution in [0.25, 0.3) is 0 Å². The van der Waals surface area contributed by atoms with Gasteiger partial charge in [0.05, 0.1) is 23.9 Å². The van der Waals surface area contributed by atoms with Crippen molar-refractivity contribution in [2.75, 3.05) is 0 Å². The van der Waals surface area contributed by atoms with Crippen molar-refractivity contribution in [1.82, 2.24) is 0 Å². The minimum Gasteiger partial charge on any atom is -0.393 e. The SMILES string of the molecule is CC1(C)C[C@@]2(O[C@H]3C[C@H]4[C@@H]5CC[C@H]6C[C@H](O)CC[C@]6(C)[C@H]5[C@@H](O)C[C@]4(C)[C@H]3[C@]2(C)O)OC1(C)C. The summed E-state index contributed by atoms with van der Waals surface area (Å²) in [7, 11) is 0. The quantitative estimate of drug-likeness (QED) is 0.474. The zero-order valence-electron chi connectivity index (χ0n) is 22.4. The van der Waals surface area contributed by atoms with Crippen molar-refractivity contribution in [2.45, 2.75) is 135 Å². The van der Waals surface area contributed by atoms with E-state index in [0.717, 1.165) is 44.9 Å². The van der Waals surface area contributed by atoms with Gasteiger partial charge in [0.15, 0.2) is 5.79 Å². The molecule has 6 rings (SSSR count). The van der Waals surface area contributed by atoms with Crippen molar-refractivity contribution in [3.8, 4) is 0 Å². The summed E-state index contributed by atoms with van der Waals surface area (Å²) in [4.78, 5) is 0. The molecule has 0 unspecified atom stereocenters. The fraction of sp³-hybridized carbons (Fsp3) is 1.00. The molecule has 2 saturated heterocycles. The van der Waals surface area contributed by atoms with Crippen LogP contribution < -0.4 is 0 Å². The lowest BCUT2D eigenvalue weighted by Crippen LogP contribution is -2.62. The van der Waals surface area contributed by atoms with Crippen LogP contribution in [-0.4, -0.2) is 50.6 Å². The molecule has 3 N–H and O–H groups in total. The summed E-state index contributed by atoms with van der Waals surface area (Å²) in [5.74, 6) is 0.694. The van der Waals surface area contributed by atoms with Gasteiger partial charge in [-0.05, 0) is 106 Å². The van der Waals surface area contributed by atoms with Crippen LogP contribution in [0.3, 0.4) is 0 Å². The van der Waals surface area contributed by atoms with Gasteiger partial charge in [0, 0.05) is 12.3 Å². The Balaban J connectivity index is 1.34. The van der Waals surface area contributed by atoms with E-state index in [4.69, 9.17) is 9.47 Å². The molecular weight excluding hydrogens is 428 g/mol. The Kier molecular flexibility index (Phi) is 4.84. The molecule has 4 saturated carbocycles. The summed E-state index contributed by atoms with van der Waals surface area (Å²) in [6, 6.07) is 0. The summed E-state index contributed by atoms with van der Waals surface area (Å²) < 4.78 is 13.5. The van der Waals surface area contributed by atoms with Gasteiger partial charge in [-0.3, -0.25) is 0 Å². The monoisotopic (exact) mass is 476 g/mol. The highest BCUT2D eigenvalue weighted by atomic mass is 16.7. The van der Waals surface area contributed by atoms with E-state index >= 15 is 0 Å². The van der Waals surface area contributed by atoms with E-state index in [1.165, 1.54) is 0 Å². The largest absolute Gasteiger partial charge is 0.393 e. The third kappa shape index (κ3) is 2.75. The van der Waals surface area contributed by atoms with Gasteiger partial charge in [0.1, 0.15) is 5.60 Å². The average Bonchev–Trinajstić information content (AvgIpc) is 3.17. The van der Waals surface area contributed by atoms with Crippen LogP contribution in [0.15, 0.2) is 0 Å². The maximum atomic E-state index is 12.3. The number of hydrogen-bond acceptors (Lipinski definition) is 5. The highest BCUT2D eigenvalue weighted by molar-refractivity contribution is 5.23. The Morgan fingerprint density at radius 1 is 0.853 bits per heavy atom. The van der Waals surface area contributed by atoms with Crippen molar-refractivity contribution in [2.24, 2.45) is 45.8 Å². The molecule has 0 bridgehead atoms. The first-order valence-corrected chi connectivity index (χ1v) is 14.0. The van der Waals surface area contributed by atoms with Crippen LogP contribution in [0.2, 0.25) is 0 Å². The Morgan fingerprint density at radius 3 is 2.21 bits per heavy atom. The van der Waals surface area contributed by atoms with E-state index in [1.807, 2.05) is 6.92 Å². The summed E-state index contributed by atoms with van der Waals surface area (Å²) >= 11 is 0. The van der Waals surface area contributed by atoms with Crippen LogP contribution in [0, 0.1) is 45.8 Å². The highest BCUT2D eigenvalue weighted by Crippen LogP contribution is 2.73. The highest BCUT2D eigenvalue weighted by Gasteiger charge is 2.78. The third-order valence-electron chi connectivity index (χ3n) is 13.0. The fourth-order valence-electron chi connectivity index (χ4n) is 10.8. The molecule has 0 aromatic carbocycles. The van der Waals surface area contributed by atoms with Crippen LogP contribution >= 0.6 is 0 Å². The van der Waals surface area contributed by atoms with Gasteiger partial charge < -0.3 is 24.8 Å². The van der Waals surface area contributed by atoms with Gasteiger partial charge in [0.25, 0.3) is 0 Å². The van der Waals surface area contributed by atoms with Crippen molar-refractivity contribution >= 4 is 0 Å². The molecule has 0 aromatic rings. The molecule has 194 valence electrons. The van der Waals surface area contributed by atoms with Gasteiger partial charge >= 0.3 is 0 Å².